The third-order valence-corrected chi connectivity index (χ3v) is 5.01. The minimum absolute atomic E-state index is 0.0389. The number of amides is 2. The summed E-state index contributed by atoms with van der Waals surface area (Å²) in [5.41, 5.74) is 1.35. The van der Waals surface area contributed by atoms with Gasteiger partial charge in [0.05, 0.1) is 21.9 Å². The van der Waals surface area contributed by atoms with Gasteiger partial charge in [-0.3, -0.25) is 9.59 Å². The lowest BCUT2D eigenvalue weighted by Gasteiger charge is -2.32. The fourth-order valence-electron chi connectivity index (χ4n) is 2.83. The van der Waals surface area contributed by atoms with Gasteiger partial charge in [-0.1, -0.05) is 29.3 Å². The molecule has 5 nitrogen and oxygen atoms in total. The quantitative estimate of drug-likeness (QED) is 0.799. The molecular weight excluding hydrogens is 375 g/mol. The Morgan fingerprint density at radius 2 is 1.92 bits per heavy atom. The van der Waals surface area contributed by atoms with Crippen LogP contribution in [0.2, 0.25) is 10.0 Å². The molecule has 1 aliphatic heterocycles. The van der Waals surface area contributed by atoms with Crippen molar-refractivity contribution >= 4 is 41.1 Å². The third-order valence-electron chi connectivity index (χ3n) is 4.27. The van der Waals surface area contributed by atoms with Gasteiger partial charge < -0.3 is 14.6 Å². The van der Waals surface area contributed by atoms with E-state index in [1.807, 2.05) is 0 Å². The lowest BCUT2D eigenvalue weighted by atomic mass is 10.0. The summed E-state index contributed by atoms with van der Waals surface area (Å²) < 4.78 is 4.95. The lowest BCUT2D eigenvalue weighted by molar-refractivity contribution is -0.117. The topological polar surface area (TPSA) is 62.6 Å². The highest BCUT2D eigenvalue weighted by atomic mass is 35.5. The summed E-state index contributed by atoms with van der Waals surface area (Å²) in [5, 5.41) is 3.89. The van der Waals surface area contributed by atoms with Crippen LogP contribution in [0.5, 0.6) is 0 Å². The summed E-state index contributed by atoms with van der Waals surface area (Å²) in [6.45, 7) is 1.21. The van der Waals surface area contributed by atoms with Gasteiger partial charge in [0.25, 0.3) is 5.91 Å². The maximum Gasteiger partial charge on any atom is 0.257 e. The van der Waals surface area contributed by atoms with Gasteiger partial charge in [-0.2, -0.15) is 0 Å². The molecule has 0 spiro atoms. The molecule has 0 bridgehead atoms. The van der Waals surface area contributed by atoms with Crippen molar-refractivity contribution in [3.63, 3.8) is 0 Å². The van der Waals surface area contributed by atoms with E-state index in [0.717, 1.165) is 18.4 Å². The van der Waals surface area contributed by atoms with E-state index < -0.39 is 0 Å². The van der Waals surface area contributed by atoms with E-state index in [0.29, 0.717) is 28.7 Å². The number of likely N-dealkylation sites (tertiary alicyclic amines) is 1. The number of carbonyl (C=O) groups excluding carboxylic acids is 2. The van der Waals surface area contributed by atoms with Crippen LogP contribution in [0.15, 0.2) is 47.3 Å². The molecule has 1 aromatic heterocycles. The highest BCUT2D eigenvalue weighted by Crippen LogP contribution is 2.23. The van der Waals surface area contributed by atoms with Gasteiger partial charge >= 0.3 is 0 Å². The van der Waals surface area contributed by atoms with E-state index >= 15 is 0 Å². The van der Waals surface area contributed by atoms with Gasteiger partial charge in [0.2, 0.25) is 5.91 Å². The number of hydrogen-bond donors (Lipinski definition) is 1. The molecule has 1 saturated heterocycles. The standard InChI is InChI=1S/C19H18Cl2N2O3/c20-16-3-1-13(11-17(16)21)2-4-18(24)22-15-5-8-23(9-6-15)19(25)14-7-10-26-12-14/h1-4,7,10-12,15H,5-6,8-9H2,(H,22,24)/b4-2+. The number of nitrogens with zero attached hydrogens (tertiary/aromatic N) is 1. The zero-order valence-corrected chi connectivity index (χ0v) is 15.5. The van der Waals surface area contributed by atoms with Crippen molar-refractivity contribution < 1.29 is 14.0 Å². The summed E-state index contributed by atoms with van der Waals surface area (Å²) in [4.78, 5) is 26.1. The summed E-state index contributed by atoms with van der Waals surface area (Å²) in [7, 11) is 0. The molecule has 0 unspecified atom stereocenters. The van der Waals surface area contributed by atoms with Crippen LogP contribution in [0.4, 0.5) is 0 Å². The van der Waals surface area contributed by atoms with Crippen LogP contribution in [-0.4, -0.2) is 35.8 Å². The molecule has 1 aliphatic rings. The van der Waals surface area contributed by atoms with Gasteiger partial charge in [-0.25, -0.2) is 0 Å². The molecule has 7 heteroatoms. The largest absolute Gasteiger partial charge is 0.472 e. The van der Waals surface area contributed by atoms with Gasteiger partial charge in [-0.05, 0) is 42.7 Å². The molecule has 0 atom stereocenters. The predicted molar refractivity (Wildman–Crippen MR) is 101 cm³/mol. The minimum Gasteiger partial charge on any atom is -0.472 e. The number of rotatable bonds is 4. The normalized spacial score (nSPS) is 15.4. The van der Waals surface area contributed by atoms with E-state index in [2.05, 4.69) is 5.32 Å². The van der Waals surface area contributed by atoms with Gasteiger partial charge in [-0.15, -0.1) is 0 Å². The van der Waals surface area contributed by atoms with E-state index in [4.69, 9.17) is 27.6 Å². The fourth-order valence-corrected chi connectivity index (χ4v) is 3.14. The maximum absolute atomic E-state index is 12.2. The Balaban J connectivity index is 1.48. The molecule has 1 N–H and O–H groups in total. The molecule has 0 saturated carbocycles. The number of piperidine rings is 1. The van der Waals surface area contributed by atoms with Crippen LogP contribution < -0.4 is 5.32 Å². The minimum atomic E-state index is -0.171. The Morgan fingerprint density at radius 1 is 1.15 bits per heavy atom. The van der Waals surface area contributed by atoms with Crippen molar-refractivity contribution in [2.45, 2.75) is 18.9 Å². The molecule has 0 radical (unpaired) electrons. The second-order valence-electron chi connectivity index (χ2n) is 6.09. The van der Waals surface area contributed by atoms with Crippen LogP contribution in [0.3, 0.4) is 0 Å². The number of hydrogen-bond acceptors (Lipinski definition) is 3. The maximum atomic E-state index is 12.2. The smallest absolute Gasteiger partial charge is 0.257 e. The van der Waals surface area contributed by atoms with Crippen LogP contribution in [0, 0.1) is 0 Å². The van der Waals surface area contributed by atoms with Gasteiger partial charge in [0.15, 0.2) is 0 Å². The van der Waals surface area contributed by atoms with Crippen molar-refractivity contribution in [1.29, 1.82) is 0 Å². The van der Waals surface area contributed by atoms with E-state index in [1.165, 1.54) is 18.6 Å². The first-order valence-corrected chi connectivity index (χ1v) is 9.03. The number of halogens is 2. The molecule has 1 fully saturated rings. The molecule has 2 heterocycles. The van der Waals surface area contributed by atoms with Crippen molar-refractivity contribution in [1.82, 2.24) is 10.2 Å². The van der Waals surface area contributed by atoms with Crippen molar-refractivity contribution in [3.8, 4) is 0 Å². The molecule has 3 rings (SSSR count). The monoisotopic (exact) mass is 392 g/mol. The van der Waals surface area contributed by atoms with Crippen LogP contribution in [-0.2, 0) is 4.79 Å². The molecule has 2 aromatic rings. The van der Waals surface area contributed by atoms with Crippen LogP contribution in [0.25, 0.3) is 6.08 Å². The molecule has 0 aliphatic carbocycles. The molecular formula is C19H18Cl2N2O3. The Hall–Kier alpha value is -2.24. The number of benzene rings is 1. The number of furan rings is 1. The molecule has 26 heavy (non-hydrogen) atoms. The molecule has 2 amide bonds. The first-order chi connectivity index (χ1) is 12.5. The Kier molecular flexibility index (Phi) is 6.01. The average Bonchev–Trinajstić information content (AvgIpc) is 3.17. The van der Waals surface area contributed by atoms with Crippen molar-refractivity contribution in [3.05, 3.63) is 64.0 Å². The Morgan fingerprint density at radius 3 is 2.58 bits per heavy atom. The number of nitrogens with one attached hydrogen (secondary N) is 1. The van der Waals surface area contributed by atoms with Gasteiger partial charge in [0.1, 0.15) is 6.26 Å². The average molecular weight is 393 g/mol. The van der Waals surface area contributed by atoms with E-state index in [-0.39, 0.29) is 17.9 Å². The zero-order valence-electron chi connectivity index (χ0n) is 14.0. The van der Waals surface area contributed by atoms with Crippen molar-refractivity contribution in [2.75, 3.05) is 13.1 Å². The Labute approximate surface area is 161 Å². The van der Waals surface area contributed by atoms with Crippen LogP contribution >= 0.6 is 23.2 Å². The summed E-state index contributed by atoms with van der Waals surface area (Å²) in [6, 6.07) is 6.89. The summed E-state index contributed by atoms with van der Waals surface area (Å²) in [5.74, 6) is -0.210. The third kappa shape index (κ3) is 4.68. The highest BCUT2D eigenvalue weighted by Gasteiger charge is 2.24. The van der Waals surface area contributed by atoms with Gasteiger partial charge in [0, 0.05) is 25.2 Å². The molecule has 136 valence electrons. The van der Waals surface area contributed by atoms with E-state index in [1.54, 1.807) is 35.2 Å². The zero-order chi connectivity index (χ0) is 18.5. The van der Waals surface area contributed by atoms with Crippen LogP contribution in [0.1, 0.15) is 28.8 Å². The predicted octanol–water partition coefficient (Wildman–Crippen LogP) is 4.02. The first-order valence-electron chi connectivity index (χ1n) is 8.28. The Bertz CT molecular complexity index is 810. The SMILES string of the molecule is O=C(/C=C/c1ccc(Cl)c(Cl)c1)NC1CCN(C(=O)c2ccoc2)CC1. The number of carbonyl (C=O) groups is 2. The highest BCUT2D eigenvalue weighted by molar-refractivity contribution is 6.42. The summed E-state index contributed by atoms with van der Waals surface area (Å²) in [6.07, 6.45) is 7.54. The summed E-state index contributed by atoms with van der Waals surface area (Å²) >= 11 is 11.8. The lowest BCUT2D eigenvalue weighted by Crippen LogP contribution is -2.46. The first kappa shape index (κ1) is 18.5. The molecule has 1 aromatic carbocycles. The van der Waals surface area contributed by atoms with E-state index in [9.17, 15) is 9.59 Å². The van der Waals surface area contributed by atoms with Crippen molar-refractivity contribution in [2.24, 2.45) is 0 Å². The second-order valence-corrected chi connectivity index (χ2v) is 6.91. The fraction of sp³-hybridized carbons (Fsp3) is 0.263. The second kappa shape index (κ2) is 8.43.